The molecule has 1 aromatic carbocycles. The number of allylic oxidation sites excluding steroid dienone is 1. The summed E-state index contributed by atoms with van der Waals surface area (Å²) in [5.74, 6) is 0. The van der Waals surface area contributed by atoms with Crippen LogP contribution in [0.1, 0.15) is 18.1 Å². The Hall–Kier alpha value is -1.86. The highest BCUT2D eigenvalue weighted by Gasteiger charge is 2.11. The van der Waals surface area contributed by atoms with Gasteiger partial charge >= 0.3 is 0 Å². The van der Waals surface area contributed by atoms with E-state index in [0.717, 1.165) is 5.56 Å². The number of benzene rings is 1. The Balaban J connectivity index is 3.37. The molecule has 0 radical (unpaired) electrons. The minimum Gasteiger partial charge on any atom is -0.258 e. The quantitative estimate of drug-likeness (QED) is 0.449. The van der Waals surface area contributed by atoms with Crippen LogP contribution < -0.4 is 0 Å². The number of nitro groups is 1. The fraction of sp³-hybridized carbons (Fsp3) is 0.182. The molecule has 0 aliphatic carbocycles. The van der Waals surface area contributed by atoms with Gasteiger partial charge in [0.1, 0.15) is 0 Å². The SMILES string of the molecule is C/C(C#N)=C(/Cl)c1cc(C)cc([N+](=O)[O-])c1. The first kappa shape index (κ1) is 12.2. The molecule has 0 fully saturated rings. The van der Waals surface area contributed by atoms with Gasteiger partial charge in [-0.3, -0.25) is 10.1 Å². The van der Waals surface area contributed by atoms with Gasteiger partial charge in [0.2, 0.25) is 0 Å². The zero-order valence-corrected chi connectivity index (χ0v) is 9.58. The summed E-state index contributed by atoms with van der Waals surface area (Å²) in [6.07, 6.45) is 0. The monoisotopic (exact) mass is 236 g/mol. The molecular weight excluding hydrogens is 228 g/mol. The van der Waals surface area contributed by atoms with Crippen molar-refractivity contribution in [2.24, 2.45) is 0 Å². The Morgan fingerprint density at radius 1 is 1.50 bits per heavy atom. The maximum absolute atomic E-state index is 10.6. The van der Waals surface area contributed by atoms with Crippen molar-refractivity contribution in [3.8, 4) is 6.07 Å². The molecule has 0 spiro atoms. The molecule has 4 nitrogen and oxygen atoms in total. The van der Waals surface area contributed by atoms with Gasteiger partial charge in [0, 0.05) is 23.3 Å². The van der Waals surface area contributed by atoms with Crippen LogP contribution in [-0.2, 0) is 0 Å². The minimum atomic E-state index is -0.484. The highest BCUT2D eigenvalue weighted by atomic mass is 35.5. The molecular formula is C11H9ClN2O2. The number of hydrogen-bond acceptors (Lipinski definition) is 3. The van der Waals surface area contributed by atoms with Crippen molar-refractivity contribution < 1.29 is 4.92 Å². The van der Waals surface area contributed by atoms with E-state index < -0.39 is 4.92 Å². The minimum absolute atomic E-state index is 0.0288. The second-order valence-electron chi connectivity index (χ2n) is 3.37. The van der Waals surface area contributed by atoms with E-state index in [-0.39, 0.29) is 10.7 Å². The van der Waals surface area contributed by atoms with Crippen LogP contribution in [0.2, 0.25) is 0 Å². The molecule has 0 atom stereocenters. The van der Waals surface area contributed by atoms with Crippen molar-refractivity contribution in [2.75, 3.05) is 0 Å². The van der Waals surface area contributed by atoms with Crippen molar-refractivity contribution in [1.82, 2.24) is 0 Å². The Morgan fingerprint density at radius 2 is 2.12 bits per heavy atom. The molecule has 0 amide bonds. The number of rotatable bonds is 2. The number of nitro benzene ring substituents is 1. The zero-order chi connectivity index (χ0) is 12.3. The van der Waals surface area contributed by atoms with Gasteiger partial charge in [0.05, 0.1) is 16.0 Å². The van der Waals surface area contributed by atoms with E-state index in [2.05, 4.69) is 0 Å². The predicted octanol–water partition coefficient (Wildman–Crippen LogP) is 3.40. The van der Waals surface area contributed by atoms with Crippen molar-refractivity contribution >= 4 is 22.3 Å². The van der Waals surface area contributed by atoms with Crippen LogP contribution in [-0.4, -0.2) is 4.92 Å². The maximum atomic E-state index is 10.6. The molecule has 5 heteroatoms. The molecule has 0 aliphatic rings. The molecule has 16 heavy (non-hydrogen) atoms. The topological polar surface area (TPSA) is 66.9 Å². The number of non-ortho nitro benzene ring substituents is 1. The summed E-state index contributed by atoms with van der Waals surface area (Å²) in [7, 11) is 0. The summed E-state index contributed by atoms with van der Waals surface area (Å²) in [6.45, 7) is 3.30. The van der Waals surface area contributed by atoms with Gasteiger partial charge in [-0.15, -0.1) is 0 Å². The lowest BCUT2D eigenvalue weighted by Crippen LogP contribution is -1.91. The van der Waals surface area contributed by atoms with Crippen molar-refractivity contribution in [1.29, 1.82) is 5.26 Å². The normalized spacial score (nSPS) is 11.6. The standard InChI is InChI=1S/C11H9ClN2O2/c1-7-3-9(11(12)8(2)6-13)5-10(4-7)14(15)16/h3-5H,1-2H3/b11-8-. The number of hydrogen-bond donors (Lipinski definition) is 0. The maximum Gasteiger partial charge on any atom is 0.270 e. The van der Waals surface area contributed by atoms with Crippen LogP contribution in [0.3, 0.4) is 0 Å². The Morgan fingerprint density at radius 3 is 2.62 bits per heavy atom. The molecule has 0 saturated heterocycles. The Labute approximate surface area is 97.9 Å². The third-order valence-electron chi connectivity index (χ3n) is 2.02. The van der Waals surface area contributed by atoms with Crippen LogP contribution in [0.4, 0.5) is 5.69 Å². The number of nitriles is 1. The predicted molar refractivity (Wildman–Crippen MR) is 61.9 cm³/mol. The first-order chi connectivity index (χ1) is 7.45. The van der Waals surface area contributed by atoms with Gasteiger partial charge in [-0.25, -0.2) is 0 Å². The van der Waals surface area contributed by atoms with E-state index in [1.54, 1.807) is 19.9 Å². The van der Waals surface area contributed by atoms with E-state index in [1.807, 2.05) is 6.07 Å². The number of nitrogens with zero attached hydrogens (tertiary/aromatic N) is 2. The summed E-state index contributed by atoms with van der Waals surface area (Å²) < 4.78 is 0. The average molecular weight is 237 g/mol. The fourth-order valence-corrected chi connectivity index (χ4v) is 1.41. The largest absolute Gasteiger partial charge is 0.270 e. The van der Waals surface area contributed by atoms with Crippen molar-refractivity contribution in [2.45, 2.75) is 13.8 Å². The summed E-state index contributed by atoms with van der Waals surface area (Å²) in [5, 5.41) is 19.6. The molecule has 0 heterocycles. The summed E-state index contributed by atoms with van der Waals surface area (Å²) in [5.41, 5.74) is 1.53. The van der Waals surface area contributed by atoms with Crippen LogP contribution in [0.15, 0.2) is 23.8 Å². The Bertz CT molecular complexity index is 515. The number of aryl methyl sites for hydroxylation is 1. The molecule has 0 aliphatic heterocycles. The lowest BCUT2D eigenvalue weighted by molar-refractivity contribution is -0.384. The first-order valence-corrected chi connectivity index (χ1v) is 4.86. The molecule has 82 valence electrons. The number of halogens is 1. The first-order valence-electron chi connectivity index (χ1n) is 4.48. The molecule has 0 bridgehead atoms. The zero-order valence-electron chi connectivity index (χ0n) is 8.82. The Kier molecular flexibility index (Phi) is 3.64. The van der Waals surface area contributed by atoms with Gasteiger partial charge in [-0.05, 0) is 19.4 Å². The fourth-order valence-electron chi connectivity index (χ4n) is 1.26. The van der Waals surface area contributed by atoms with E-state index >= 15 is 0 Å². The van der Waals surface area contributed by atoms with Gasteiger partial charge in [-0.2, -0.15) is 5.26 Å². The van der Waals surface area contributed by atoms with E-state index in [4.69, 9.17) is 16.9 Å². The summed E-state index contributed by atoms with van der Waals surface area (Å²) >= 11 is 5.94. The van der Waals surface area contributed by atoms with Crippen LogP contribution >= 0.6 is 11.6 Å². The molecule has 1 rings (SSSR count). The summed E-state index contributed by atoms with van der Waals surface area (Å²) in [6, 6.07) is 6.42. The second kappa shape index (κ2) is 4.77. The lowest BCUT2D eigenvalue weighted by Gasteiger charge is -2.02. The third-order valence-corrected chi connectivity index (χ3v) is 2.53. The van der Waals surface area contributed by atoms with Gasteiger partial charge < -0.3 is 0 Å². The molecule has 1 aromatic rings. The van der Waals surface area contributed by atoms with Gasteiger partial charge in [0.15, 0.2) is 0 Å². The molecule has 0 aromatic heterocycles. The van der Waals surface area contributed by atoms with Gasteiger partial charge in [-0.1, -0.05) is 17.7 Å². The highest BCUT2D eigenvalue weighted by molar-refractivity contribution is 6.49. The summed E-state index contributed by atoms with van der Waals surface area (Å²) in [4.78, 5) is 10.2. The molecule has 0 unspecified atom stereocenters. The smallest absolute Gasteiger partial charge is 0.258 e. The van der Waals surface area contributed by atoms with E-state index in [1.165, 1.54) is 12.1 Å². The third kappa shape index (κ3) is 2.59. The van der Waals surface area contributed by atoms with Crippen LogP contribution in [0, 0.1) is 28.4 Å². The average Bonchev–Trinajstić information content (AvgIpc) is 2.26. The van der Waals surface area contributed by atoms with Gasteiger partial charge in [0.25, 0.3) is 5.69 Å². The van der Waals surface area contributed by atoms with Crippen LogP contribution in [0.5, 0.6) is 0 Å². The van der Waals surface area contributed by atoms with Crippen LogP contribution in [0.25, 0.3) is 5.03 Å². The molecule has 0 N–H and O–H groups in total. The second-order valence-corrected chi connectivity index (χ2v) is 3.74. The van der Waals surface area contributed by atoms with Crippen molar-refractivity contribution in [3.63, 3.8) is 0 Å². The van der Waals surface area contributed by atoms with Crippen molar-refractivity contribution in [3.05, 3.63) is 45.0 Å². The lowest BCUT2D eigenvalue weighted by atomic mass is 10.1. The highest BCUT2D eigenvalue weighted by Crippen LogP contribution is 2.27. The van der Waals surface area contributed by atoms with E-state index in [0.29, 0.717) is 11.1 Å². The van der Waals surface area contributed by atoms with E-state index in [9.17, 15) is 10.1 Å². The molecule has 0 saturated carbocycles.